The fourth-order valence-corrected chi connectivity index (χ4v) is 7.39. The van der Waals surface area contributed by atoms with Crippen LogP contribution in [0.15, 0.2) is 101 Å². The quantitative estimate of drug-likeness (QED) is 0.132. The summed E-state index contributed by atoms with van der Waals surface area (Å²) in [4.78, 5) is 18.1. The average Bonchev–Trinajstić information content (AvgIpc) is 3.06. The second kappa shape index (κ2) is 13.9. The molecule has 0 fully saturated rings. The molecule has 1 atom stereocenters. The molecule has 0 bridgehead atoms. The second-order valence-corrected chi connectivity index (χ2v) is 14.8. The Kier molecular flexibility index (Phi) is 9.45. The number of anilines is 1. The van der Waals surface area contributed by atoms with E-state index in [9.17, 15) is 4.79 Å². The number of hydrogen-bond donors (Lipinski definition) is 2. The Morgan fingerprint density at radius 3 is 2.60 bits per heavy atom. The van der Waals surface area contributed by atoms with Gasteiger partial charge in [0.25, 0.3) is 0 Å². The lowest BCUT2D eigenvalue weighted by atomic mass is 9.69. The molecule has 0 radical (unpaired) electrons. The number of pyridine rings is 1. The zero-order valence-electron chi connectivity index (χ0n) is 27.2. The molecule has 1 aromatic heterocycles. The van der Waals surface area contributed by atoms with Crippen molar-refractivity contribution in [1.82, 2.24) is 10.3 Å². The van der Waals surface area contributed by atoms with Crippen molar-refractivity contribution in [2.45, 2.75) is 45.4 Å². The minimum atomic E-state index is -0.200. The third-order valence-corrected chi connectivity index (χ3v) is 9.97. The van der Waals surface area contributed by atoms with Crippen molar-refractivity contribution < 1.29 is 14.3 Å². The minimum Gasteiger partial charge on any atom is -0.494 e. The summed E-state index contributed by atoms with van der Waals surface area (Å²) < 4.78 is 13.8. The maximum atomic E-state index is 13.7. The van der Waals surface area contributed by atoms with Crippen LogP contribution in [0.1, 0.15) is 56.6 Å². The summed E-state index contributed by atoms with van der Waals surface area (Å²) in [7, 11) is 0. The topological polar surface area (TPSA) is 72.5 Å². The first-order chi connectivity index (χ1) is 23.3. The molecule has 0 amide bonds. The summed E-state index contributed by atoms with van der Waals surface area (Å²) in [6.45, 7) is 7.53. The first kappa shape index (κ1) is 32.6. The molecule has 0 saturated heterocycles. The van der Waals surface area contributed by atoms with Crippen molar-refractivity contribution in [3.63, 3.8) is 0 Å². The summed E-state index contributed by atoms with van der Waals surface area (Å²) in [5.41, 5.74) is 4.75. The van der Waals surface area contributed by atoms with Gasteiger partial charge in [0.15, 0.2) is 5.78 Å². The van der Waals surface area contributed by atoms with Crippen molar-refractivity contribution in [1.29, 1.82) is 0 Å². The molecule has 4 aromatic carbocycles. The molecule has 246 valence electrons. The van der Waals surface area contributed by atoms with Crippen LogP contribution in [0.2, 0.25) is 5.02 Å². The first-order valence-corrected chi connectivity index (χ1v) is 17.8. The van der Waals surface area contributed by atoms with Gasteiger partial charge in [0.1, 0.15) is 17.3 Å². The highest BCUT2D eigenvalue weighted by Gasteiger charge is 2.42. The van der Waals surface area contributed by atoms with Crippen LogP contribution in [0, 0.1) is 5.41 Å². The van der Waals surface area contributed by atoms with E-state index in [0.29, 0.717) is 18.1 Å². The summed E-state index contributed by atoms with van der Waals surface area (Å²) in [6.07, 6.45) is 4.94. The predicted octanol–water partition coefficient (Wildman–Crippen LogP) is 9.83. The highest BCUT2D eigenvalue weighted by Crippen LogP contribution is 2.52. The zero-order chi connectivity index (χ0) is 33.3. The molecular weight excluding hydrogens is 686 g/mol. The Morgan fingerprint density at radius 1 is 0.938 bits per heavy atom. The maximum Gasteiger partial charge on any atom is 0.163 e. The monoisotopic (exact) mass is 723 g/mol. The van der Waals surface area contributed by atoms with Crippen LogP contribution in [-0.4, -0.2) is 37.0 Å². The van der Waals surface area contributed by atoms with Crippen molar-refractivity contribution in [2.24, 2.45) is 5.41 Å². The van der Waals surface area contributed by atoms with Crippen LogP contribution in [0.4, 0.5) is 5.69 Å². The summed E-state index contributed by atoms with van der Waals surface area (Å²) >= 11 is 9.70. The van der Waals surface area contributed by atoms with E-state index in [-0.39, 0.29) is 17.1 Å². The van der Waals surface area contributed by atoms with Crippen molar-refractivity contribution in [3.8, 4) is 11.5 Å². The number of ether oxygens (including phenoxy) is 2. The van der Waals surface area contributed by atoms with E-state index in [4.69, 9.17) is 21.1 Å². The molecule has 6 nitrogen and oxygen atoms in total. The van der Waals surface area contributed by atoms with Crippen LogP contribution >= 0.6 is 27.5 Å². The molecule has 2 N–H and O–H groups in total. The van der Waals surface area contributed by atoms with Crippen LogP contribution < -0.4 is 20.1 Å². The van der Waals surface area contributed by atoms with E-state index >= 15 is 0 Å². The lowest BCUT2D eigenvalue weighted by Crippen LogP contribution is -2.33. The number of ketones is 1. The number of hydrogen-bond acceptors (Lipinski definition) is 6. The fraction of sp³-hybridized carbons (Fsp3) is 0.300. The molecule has 1 aliphatic carbocycles. The van der Waals surface area contributed by atoms with Crippen LogP contribution in [0.3, 0.4) is 0 Å². The third-order valence-electron chi connectivity index (χ3n) is 9.20. The van der Waals surface area contributed by atoms with E-state index in [1.165, 1.54) is 0 Å². The summed E-state index contributed by atoms with van der Waals surface area (Å²) in [5, 5.41) is 11.0. The number of benzene rings is 4. The number of halogens is 2. The zero-order valence-corrected chi connectivity index (χ0v) is 29.6. The number of allylic oxidation sites excluding steroid dienone is 2. The van der Waals surface area contributed by atoms with E-state index in [1.54, 1.807) is 0 Å². The predicted molar refractivity (Wildman–Crippen MR) is 198 cm³/mol. The molecule has 0 spiro atoms. The smallest absolute Gasteiger partial charge is 0.163 e. The van der Waals surface area contributed by atoms with Gasteiger partial charge in [-0.1, -0.05) is 65.6 Å². The highest BCUT2D eigenvalue weighted by atomic mass is 79.9. The normalized spacial score (nSPS) is 16.8. The van der Waals surface area contributed by atoms with Gasteiger partial charge in [-0.3, -0.25) is 9.78 Å². The van der Waals surface area contributed by atoms with Crippen molar-refractivity contribution in [2.75, 3.05) is 31.6 Å². The standard InChI is InChI=1S/C40H39BrClN3O3/c1-40(2)23-34(46)39-36(24-40)48-35-14-8-25-7-12-29(22-31(25)38(35)37(39)26-5-9-27(41)10-6-26)47-20-4-17-43-16-3-18-44-32-15-19-45-33-21-28(42)11-13-30(32)33/h5-15,19,21-22,37,43H,3-4,16-18,20,23-24H2,1-2H3,(H,44,45). The van der Waals surface area contributed by atoms with Crippen LogP contribution in [-0.2, 0) is 4.79 Å². The van der Waals surface area contributed by atoms with E-state index in [0.717, 1.165) is 105 Å². The maximum absolute atomic E-state index is 13.7. The molecule has 1 aliphatic heterocycles. The van der Waals surface area contributed by atoms with Gasteiger partial charge < -0.3 is 20.1 Å². The molecular formula is C40H39BrClN3O3. The second-order valence-electron chi connectivity index (χ2n) is 13.5. The minimum absolute atomic E-state index is 0.133. The number of rotatable bonds is 11. The average molecular weight is 725 g/mol. The van der Waals surface area contributed by atoms with Gasteiger partial charge in [0.05, 0.1) is 12.1 Å². The number of fused-ring (bicyclic) bond motifs is 4. The lowest BCUT2D eigenvalue weighted by molar-refractivity contribution is -0.118. The Bertz CT molecular complexity index is 2020. The van der Waals surface area contributed by atoms with Crippen LogP contribution in [0.5, 0.6) is 11.5 Å². The largest absolute Gasteiger partial charge is 0.494 e. The van der Waals surface area contributed by atoms with E-state index in [1.807, 2.05) is 48.7 Å². The van der Waals surface area contributed by atoms with Gasteiger partial charge in [-0.15, -0.1) is 0 Å². The van der Waals surface area contributed by atoms with Gasteiger partial charge in [-0.2, -0.15) is 0 Å². The Morgan fingerprint density at radius 2 is 1.75 bits per heavy atom. The number of carbonyl (C=O) groups is 1. The molecule has 1 unspecified atom stereocenters. The van der Waals surface area contributed by atoms with E-state index < -0.39 is 0 Å². The number of nitrogens with zero attached hydrogens (tertiary/aromatic N) is 1. The van der Waals surface area contributed by atoms with Crippen molar-refractivity contribution >= 4 is 60.7 Å². The lowest BCUT2D eigenvalue weighted by Gasteiger charge is -2.38. The Labute approximate surface area is 295 Å². The number of Topliss-reactive ketones (excluding diaryl/α,β-unsaturated/α-hetero) is 1. The molecule has 5 aromatic rings. The SMILES string of the molecule is CC1(C)CC(=O)C2=C(C1)Oc1ccc3ccc(OCCCNCCCNc4ccnc5cc(Cl)ccc45)cc3c1C2c1ccc(Br)cc1. The third kappa shape index (κ3) is 6.95. The number of aromatic nitrogens is 1. The molecule has 0 saturated carbocycles. The van der Waals surface area contributed by atoms with Gasteiger partial charge in [-0.05, 0) is 102 Å². The Hall–Kier alpha value is -3.91. The van der Waals surface area contributed by atoms with E-state index in [2.05, 4.69) is 81.8 Å². The van der Waals surface area contributed by atoms with Gasteiger partial charge in [0.2, 0.25) is 0 Å². The van der Waals surface area contributed by atoms with Gasteiger partial charge in [0, 0.05) is 63.2 Å². The molecule has 2 heterocycles. The van der Waals surface area contributed by atoms with Gasteiger partial charge >= 0.3 is 0 Å². The Balaban J connectivity index is 0.989. The number of carbonyl (C=O) groups excluding carboxylic acids is 1. The van der Waals surface area contributed by atoms with Gasteiger partial charge in [-0.25, -0.2) is 0 Å². The van der Waals surface area contributed by atoms with Crippen LogP contribution in [0.25, 0.3) is 21.7 Å². The number of nitrogens with one attached hydrogen (secondary N) is 2. The highest BCUT2D eigenvalue weighted by molar-refractivity contribution is 9.10. The van der Waals surface area contributed by atoms with Crippen molar-refractivity contribution in [3.05, 3.63) is 117 Å². The first-order valence-electron chi connectivity index (χ1n) is 16.6. The molecule has 48 heavy (non-hydrogen) atoms. The molecule has 2 aliphatic rings. The fourth-order valence-electron chi connectivity index (χ4n) is 6.96. The summed E-state index contributed by atoms with van der Waals surface area (Å²) in [6, 6.07) is 26.5. The summed E-state index contributed by atoms with van der Waals surface area (Å²) in [5.74, 6) is 2.41. The molecule has 8 heteroatoms. The molecule has 7 rings (SSSR count).